The summed E-state index contributed by atoms with van der Waals surface area (Å²) in [6.07, 6.45) is 0. The highest BCUT2D eigenvalue weighted by Crippen LogP contribution is 2.23. The van der Waals surface area contributed by atoms with Crippen molar-refractivity contribution >= 4 is 23.4 Å². The molecule has 0 spiro atoms. The van der Waals surface area contributed by atoms with Crippen molar-refractivity contribution < 1.29 is 4.74 Å². The molecule has 0 amide bonds. The zero-order chi connectivity index (χ0) is 10.5. The molecule has 1 unspecified atom stereocenters. The van der Waals surface area contributed by atoms with Gasteiger partial charge in [0, 0.05) is 18.1 Å². The van der Waals surface area contributed by atoms with Crippen LogP contribution in [0.3, 0.4) is 0 Å². The molecule has 1 fully saturated rings. The minimum absolute atomic E-state index is 0.444. The van der Waals surface area contributed by atoms with Crippen molar-refractivity contribution in [3.05, 3.63) is 29.3 Å². The predicted octanol–water partition coefficient (Wildman–Crippen LogP) is 2.42. The average molecular weight is 244 g/mol. The summed E-state index contributed by atoms with van der Waals surface area (Å²) >= 11 is 7.96. The molecule has 4 heteroatoms. The molecule has 0 aliphatic carbocycles. The van der Waals surface area contributed by atoms with Crippen LogP contribution < -0.4 is 10.1 Å². The van der Waals surface area contributed by atoms with Crippen LogP contribution in [-0.2, 0) is 0 Å². The molecule has 2 rings (SSSR count). The highest BCUT2D eigenvalue weighted by molar-refractivity contribution is 7.99. The maximum absolute atomic E-state index is 5.99. The topological polar surface area (TPSA) is 21.3 Å². The van der Waals surface area contributed by atoms with Crippen LogP contribution in [0.4, 0.5) is 0 Å². The van der Waals surface area contributed by atoms with Crippen molar-refractivity contribution in [1.29, 1.82) is 0 Å². The van der Waals surface area contributed by atoms with Gasteiger partial charge in [-0.15, -0.1) is 0 Å². The van der Waals surface area contributed by atoms with Crippen LogP contribution in [0.15, 0.2) is 24.3 Å². The van der Waals surface area contributed by atoms with E-state index < -0.39 is 0 Å². The third-order valence-electron chi connectivity index (χ3n) is 2.28. The van der Waals surface area contributed by atoms with Gasteiger partial charge in [-0.25, -0.2) is 0 Å². The van der Waals surface area contributed by atoms with Gasteiger partial charge >= 0.3 is 0 Å². The quantitative estimate of drug-likeness (QED) is 0.881. The average Bonchev–Trinajstić information content (AvgIpc) is 2.29. The maximum atomic E-state index is 5.99. The van der Waals surface area contributed by atoms with Crippen LogP contribution in [0.1, 0.15) is 0 Å². The zero-order valence-electron chi connectivity index (χ0n) is 8.41. The smallest absolute Gasteiger partial charge is 0.137 e. The molecule has 1 atom stereocenters. The highest BCUT2D eigenvalue weighted by Gasteiger charge is 2.13. The van der Waals surface area contributed by atoms with Crippen LogP contribution in [0.2, 0.25) is 5.02 Å². The summed E-state index contributed by atoms with van der Waals surface area (Å²) in [4.78, 5) is 0. The van der Waals surface area contributed by atoms with Gasteiger partial charge in [0.25, 0.3) is 0 Å². The van der Waals surface area contributed by atoms with E-state index in [-0.39, 0.29) is 0 Å². The molecular formula is C11H14ClNOS. The Morgan fingerprint density at radius 3 is 3.07 bits per heavy atom. The fraction of sp³-hybridized carbons (Fsp3) is 0.455. The van der Waals surface area contributed by atoms with Crippen molar-refractivity contribution in [2.24, 2.45) is 0 Å². The van der Waals surface area contributed by atoms with E-state index in [9.17, 15) is 0 Å². The van der Waals surface area contributed by atoms with Gasteiger partial charge in [-0.3, -0.25) is 0 Å². The fourth-order valence-corrected chi connectivity index (χ4v) is 2.60. The van der Waals surface area contributed by atoms with E-state index >= 15 is 0 Å². The number of para-hydroxylation sites is 1. The van der Waals surface area contributed by atoms with Gasteiger partial charge in [0.1, 0.15) is 12.4 Å². The molecule has 1 aliphatic rings. The molecule has 0 bridgehead atoms. The Hall–Kier alpha value is -0.380. The molecule has 1 saturated heterocycles. The molecule has 0 saturated carbocycles. The number of ether oxygens (including phenoxy) is 1. The second-order valence-electron chi connectivity index (χ2n) is 3.47. The van der Waals surface area contributed by atoms with E-state index in [0.29, 0.717) is 17.7 Å². The molecule has 82 valence electrons. The van der Waals surface area contributed by atoms with E-state index in [2.05, 4.69) is 5.32 Å². The van der Waals surface area contributed by atoms with E-state index in [1.807, 2.05) is 36.0 Å². The summed E-state index contributed by atoms with van der Waals surface area (Å²) in [5.41, 5.74) is 0. The lowest BCUT2D eigenvalue weighted by molar-refractivity contribution is 0.276. The summed E-state index contributed by atoms with van der Waals surface area (Å²) in [6, 6.07) is 8.03. The first-order chi connectivity index (χ1) is 7.36. The van der Waals surface area contributed by atoms with Crippen LogP contribution >= 0.6 is 23.4 Å². The lowest BCUT2D eigenvalue weighted by atomic mass is 10.3. The van der Waals surface area contributed by atoms with Gasteiger partial charge in [0.2, 0.25) is 0 Å². The zero-order valence-corrected chi connectivity index (χ0v) is 9.98. The van der Waals surface area contributed by atoms with E-state index in [1.54, 1.807) is 0 Å². The second kappa shape index (κ2) is 5.64. The predicted molar refractivity (Wildman–Crippen MR) is 66.1 cm³/mol. The number of rotatable bonds is 3. The first-order valence-corrected chi connectivity index (χ1v) is 6.58. The minimum Gasteiger partial charge on any atom is -0.490 e. The van der Waals surface area contributed by atoms with Crippen molar-refractivity contribution in [3.63, 3.8) is 0 Å². The van der Waals surface area contributed by atoms with Gasteiger partial charge in [-0.05, 0) is 12.1 Å². The minimum atomic E-state index is 0.444. The molecule has 15 heavy (non-hydrogen) atoms. The molecular weight excluding hydrogens is 230 g/mol. The normalized spacial score (nSPS) is 21.3. The second-order valence-corrected chi connectivity index (χ2v) is 5.02. The lowest BCUT2D eigenvalue weighted by Crippen LogP contribution is -2.41. The number of thioether (sulfide) groups is 1. The largest absolute Gasteiger partial charge is 0.490 e. The van der Waals surface area contributed by atoms with Crippen molar-refractivity contribution in [2.45, 2.75) is 6.04 Å². The summed E-state index contributed by atoms with van der Waals surface area (Å²) in [6.45, 7) is 1.76. The maximum Gasteiger partial charge on any atom is 0.137 e. The molecule has 1 aromatic carbocycles. The van der Waals surface area contributed by atoms with Crippen molar-refractivity contribution in [2.75, 3.05) is 24.7 Å². The molecule has 1 aromatic rings. The van der Waals surface area contributed by atoms with Gasteiger partial charge in [0.05, 0.1) is 11.1 Å². The molecule has 0 radical (unpaired) electrons. The summed E-state index contributed by atoms with van der Waals surface area (Å²) in [7, 11) is 0. The standard InChI is InChI=1S/C11H14ClNOS/c12-10-3-1-2-4-11(10)14-7-9-8-15-6-5-13-9/h1-4,9,13H,5-8H2. The summed E-state index contributed by atoms with van der Waals surface area (Å²) in [5.74, 6) is 3.09. The molecule has 1 N–H and O–H groups in total. The van der Waals surface area contributed by atoms with Gasteiger partial charge in [-0.1, -0.05) is 23.7 Å². The van der Waals surface area contributed by atoms with E-state index in [1.165, 1.54) is 5.75 Å². The molecule has 1 heterocycles. The number of benzene rings is 1. The Kier molecular flexibility index (Phi) is 4.18. The number of halogens is 1. The van der Waals surface area contributed by atoms with E-state index in [4.69, 9.17) is 16.3 Å². The van der Waals surface area contributed by atoms with Crippen LogP contribution in [-0.4, -0.2) is 30.7 Å². The first-order valence-electron chi connectivity index (χ1n) is 5.05. The first kappa shape index (κ1) is 11.1. The molecule has 2 nitrogen and oxygen atoms in total. The Morgan fingerprint density at radius 2 is 2.33 bits per heavy atom. The number of hydrogen-bond donors (Lipinski definition) is 1. The number of nitrogens with one attached hydrogen (secondary N) is 1. The van der Waals surface area contributed by atoms with E-state index in [0.717, 1.165) is 18.0 Å². The van der Waals surface area contributed by atoms with Crippen LogP contribution in [0.25, 0.3) is 0 Å². The fourth-order valence-electron chi connectivity index (χ4n) is 1.48. The Balaban J connectivity index is 1.84. The Morgan fingerprint density at radius 1 is 1.47 bits per heavy atom. The molecule has 0 aromatic heterocycles. The van der Waals surface area contributed by atoms with Crippen molar-refractivity contribution in [3.8, 4) is 5.75 Å². The monoisotopic (exact) mass is 243 g/mol. The highest BCUT2D eigenvalue weighted by atomic mass is 35.5. The van der Waals surface area contributed by atoms with Gasteiger partial charge in [-0.2, -0.15) is 11.8 Å². The summed E-state index contributed by atoms with van der Waals surface area (Å²) in [5, 5.41) is 4.10. The third-order valence-corrected chi connectivity index (χ3v) is 3.72. The van der Waals surface area contributed by atoms with Gasteiger partial charge in [0.15, 0.2) is 0 Å². The van der Waals surface area contributed by atoms with Crippen LogP contribution in [0, 0.1) is 0 Å². The third kappa shape index (κ3) is 3.30. The lowest BCUT2D eigenvalue weighted by Gasteiger charge is -2.23. The number of hydrogen-bond acceptors (Lipinski definition) is 3. The van der Waals surface area contributed by atoms with Crippen LogP contribution in [0.5, 0.6) is 5.75 Å². The SMILES string of the molecule is Clc1ccccc1OCC1CSCCN1. The van der Waals surface area contributed by atoms with Gasteiger partial charge < -0.3 is 10.1 Å². The molecule has 1 aliphatic heterocycles. The van der Waals surface area contributed by atoms with Crippen molar-refractivity contribution in [1.82, 2.24) is 5.32 Å². The summed E-state index contributed by atoms with van der Waals surface area (Å²) < 4.78 is 5.67. The Bertz CT molecular complexity index is 315. The Labute approximate surface area is 99.3 Å².